The average molecular weight is 397 g/mol. The number of sulfone groups is 1. The molecule has 0 aliphatic carbocycles. The largest absolute Gasteiger partial charge is 0.488 e. The number of nitrogens with zero attached hydrogens (tertiary/aromatic N) is 2. The Bertz CT molecular complexity index is 860. The highest BCUT2D eigenvalue weighted by Gasteiger charge is 2.35. The van der Waals surface area contributed by atoms with E-state index in [0.29, 0.717) is 43.2 Å². The number of piperazine rings is 1. The topological polar surface area (TPSA) is 66.9 Å². The highest BCUT2D eigenvalue weighted by Crippen LogP contribution is 2.29. The minimum Gasteiger partial charge on any atom is -0.488 e. The molecule has 4 rings (SSSR count). The summed E-state index contributed by atoms with van der Waals surface area (Å²) in [5.74, 6) is 1.24. The maximum absolute atomic E-state index is 12.8. The molecule has 0 radical (unpaired) electrons. The van der Waals surface area contributed by atoms with Crippen LogP contribution in [0.25, 0.3) is 6.08 Å². The number of hydrogen-bond donors (Lipinski definition) is 0. The van der Waals surface area contributed by atoms with Gasteiger partial charge < -0.3 is 9.64 Å². The van der Waals surface area contributed by atoms with E-state index in [1.165, 1.54) is 0 Å². The van der Waals surface area contributed by atoms with Crippen LogP contribution >= 0.6 is 11.6 Å². The third kappa shape index (κ3) is 3.61. The summed E-state index contributed by atoms with van der Waals surface area (Å²) in [5, 5.41) is 0.609. The zero-order chi connectivity index (χ0) is 18.3. The summed E-state index contributed by atoms with van der Waals surface area (Å²) in [7, 11) is -2.88. The standard InChI is InChI=1S/C18H21ClN2O4S/c19-15-1-2-17-13(10-15)9-14(11-25-17)18(22)21-6-4-20(5-7-21)16-3-8-26(23,24)12-16/h1-2,9-10,16H,3-8,11-12H2. The molecule has 1 unspecified atom stereocenters. The second-order valence-electron chi connectivity index (χ2n) is 7.03. The molecular formula is C18H21ClN2O4S. The number of rotatable bonds is 2. The Morgan fingerprint density at radius 3 is 2.65 bits per heavy atom. The van der Waals surface area contributed by atoms with Crippen LogP contribution < -0.4 is 4.74 Å². The molecule has 2 saturated heterocycles. The predicted octanol–water partition coefficient (Wildman–Crippen LogP) is 1.45. The Balaban J connectivity index is 1.40. The van der Waals surface area contributed by atoms with Crippen molar-refractivity contribution in [3.8, 4) is 5.75 Å². The van der Waals surface area contributed by atoms with Gasteiger partial charge in [0.1, 0.15) is 12.4 Å². The molecule has 140 valence electrons. The minimum atomic E-state index is -2.88. The van der Waals surface area contributed by atoms with Gasteiger partial charge in [0.15, 0.2) is 9.84 Å². The molecule has 3 heterocycles. The van der Waals surface area contributed by atoms with Gasteiger partial charge in [0.25, 0.3) is 5.91 Å². The third-order valence-corrected chi connectivity index (χ3v) is 7.27. The molecule has 0 bridgehead atoms. The fourth-order valence-electron chi connectivity index (χ4n) is 3.83. The van der Waals surface area contributed by atoms with Crippen molar-refractivity contribution in [1.82, 2.24) is 9.80 Å². The van der Waals surface area contributed by atoms with E-state index in [1.807, 2.05) is 17.0 Å². The zero-order valence-electron chi connectivity index (χ0n) is 14.4. The van der Waals surface area contributed by atoms with Crippen molar-refractivity contribution >= 4 is 33.4 Å². The molecule has 26 heavy (non-hydrogen) atoms. The van der Waals surface area contributed by atoms with Crippen LogP contribution in [0.15, 0.2) is 23.8 Å². The summed E-state index contributed by atoms with van der Waals surface area (Å²) in [6.45, 7) is 2.89. The fraction of sp³-hybridized carbons (Fsp3) is 0.500. The molecule has 1 aromatic rings. The van der Waals surface area contributed by atoms with Gasteiger partial charge in [-0.05, 0) is 30.7 Å². The Kier molecular flexibility index (Phi) is 4.71. The van der Waals surface area contributed by atoms with Crippen molar-refractivity contribution in [1.29, 1.82) is 0 Å². The molecular weight excluding hydrogens is 376 g/mol. The molecule has 8 heteroatoms. The van der Waals surface area contributed by atoms with Gasteiger partial charge in [0.05, 0.1) is 17.1 Å². The maximum atomic E-state index is 12.8. The number of fused-ring (bicyclic) bond motifs is 1. The number of ether oxygens (including phenoxy) is 1. The highest BCUT2D eigenvalue weighted by molar-refractivity contribution is 7.91. The van der Waals surface area contributed by atoms with Crippen molar-refractivity contribution in [2.24, 2.45) is 0 Å². The Morgan fingerprint density at radius 1 is 1.19 bits per heavy atom. The van der Waals surface area contributed by atoms with Crippen LogP contribution in [0.3, 0.4) is 0 Å². The minimum absolute atomic E-state index is 0.0191. The summed E-state index contributed by atoms with van der Waals surface area (Å²) < 4.78 is 29.0. The van der Waals surface area contributed by atoms with Crippen LogP contribution in [-0.4, -0.2) is 74.5 Å². The molecule has 1 amide bonds. The van der Waals surface area contributed by atoms with Gasteiger partial charge in [0, 0.05) is 42.8 Å². The van der Waals surface area contributed by atoms with Crippen LogP contribution in [-0.2, 0) is 14.6 Å². The molecule has 0 N–H and O–H groups in total. The van der Waals surface area contributed by atoms with E-state index in [4.69, 9.17) is 16.3 Å². The van der Waals surface area contributed by atoms with Gasteiger partial charge in [-0.2, -0.15) is 0 Å². The van der Waals surface area contributed by atoms with Gasteiger partial charge in [0.2, 0.25) is 0 Å². The molecule has 1 atom stereocenters. The summed E-state index contributed by atoms with van der Waals surface area (Å²) in [6, 6.07) is 5.47. The summed E-state index contributed by atoms with van der Waals surface area (Å²) in [4.78, 5) is 16.8. The van der Waals surface area contributed by atoms with Crippen LogP contribution in [0, 0.1) is 0 Å². The number of hydrogen-bond acceptors (Lipinski definition) is 5. The molecule has 6 nitrogen and oxygen atoms in total. The summed E-state index contributed by atoms with van der Waals surface area (Å²) in [6.07, 6.45) is 2.55. The monoisotopic (exact) mass is 396 g/mol. The van der Waals surface area contributed by atoms with E-state index >= 15 is 0 Å². The number of carbonyl (C=O) groups is 1. The van der Waals surface area contributed by atoms with Crippen LogP contribution in [0.1, 0.15) is 12.0 Å². The van der Waals surface area contributed by atoms with Crippen molar-refractivity contribution in [3.05, 3.63) is 34.4 Å². The lowest BCUT2D eigenvalue weighted by atomic mass is 10.1. The average Bonchev–Trinajstić information content (AvgIpc) is 3.00. The smallest absolute Gasteiger partial charge is 0.253 e. The van der Waals surface area contributed by atoms with E-state index in [9.17, 15) is 13.2 Å². The quantitative estimate of drug-likeness (QED) is 0.756. The lowest BCUT2D eigenvalue weighted by Gasteiger charge is -2.38. The molecule has 0 aromatic heterocycles. The molecule has 0 saturated carbocycles. The Labute approximate surface area is 158 Å². The highest BCUT2D eigenvalue weighted by atomic mass is 35.5. The van der Waals surface area contributed by atoms with E-state index in [2.05, 4.69) is 4.90 Å². The lowest BCUT2D eigenvalue weighted by molar-refractivity contribution is -0.129. The van der Waals surface area contributed by atoms with Crippen LogP contribution in [0.2, 0.25) is 5.02 Å². The molecule has 1 aromatic carbocycles. The van der Waals surface area contributed by atoms with Crippen molar-refractivity contribution in [2.45, 2.75) is 12.5 Å². The van der Waals surface area contributed by atoms with Crippen molar-refractivity contribution in [3.63, 3.8) is 0 Å². The van der Waals surface area contributed by atoms with Crippen molar-refractivity contribution in [2.75, 3.05) is 44.3 Å². The number of carbonyl (C=O) groups excluding carboxylic acids is 1. The molecule has 3 aliphatic rings. The van der Waals surface area contributed by atoms with Gasteiger partial charge >= 0.3 is 0 Å². The lowest BCUT2D eigenvalue weighted by Crippen LogP contribution is -2.52. The van der Waals surface area contributed by atoms with Gasteiger partial charge in [-0.1, -0.05) is 11.6 Å². The van der Waals surface area contributed by atoms with Crippen LogP contribution in [0.5, 0.6) is 5.75 Å². The molecule has 2 fully saturated rings. The van der Waals surface area contributed by atoms with E-state index in [1.54, 1.807) is 12.1 Å². The normalized spacial score (nSPS) is 25.3. The first-order chi connectivity index (χ1) is 12.4. The van der Waals surface area contributed by atoms with E-state index < -0.39 is 9.84 Å². The van der Waals surface area contributed by atoms with Gasteiger partial charge in [-0.3, -0.25) is 9.69 Å². The second-order valence-corrected chi connectivity index (χ2v) is 9.69. The van der Waals surface area contributed by atoms with Crippen LogP contribution in [0.4, 0.5) is 0 Å². The van der Waals surface area contributed by atoms with Gasteiger partial charge in [-0.15, -0.1) is 0 Å². The predicted molar refractivity (Wildman–Crippen MR) is 100 cm³/mol. The fourth-order valence-corrected chi connectivity index (χ4v) is 5.77. The van der Waals surface area contributed by atoms with Crippen molar-refractivity contribution < 1.29 is 17.9 Å². The first-order valence-corrected chi connectivity index (χ1v) is 11.0. The number of halogens is 1. The van der Waals surface area contributed by atoms with E-state index in [0.717, 1.165) is 11.3 Å². The summed E-state index contributed by atoms with van der Waals surface area (Å²) >= 11 is 6.02. The molecule has 3 aliphatic heterocycles. The first-order valence-electron chi connectivity index (χ1n) is 8.78. The SMILES string of the molecule is O=C(C1=Cc2cc(Cl)ccc2OC1)N1CCN(C2CCS(=O)(=O)C2)CC1. The third-order valence-electron chi connectivity index (χ3n) is 5.29. The maximum Gasteiger partial charge on any atom is 0.253 e. The Morgan fingerprint density at radius 2 is 1.96 bits per heavy atom. The second kappa shape index (κ2) is 6.87. The number of amides is 1. The first kappa shape index (κ1) is 17.8. The molecule has 0 spiro atoms. The van der Waals surface area contributed by atoms with E-state index in [-0.39, 0.29) is 30.1 Å². The number of benzene rings is 1. The Hall–Kier alpha value is -1.57. The zero-order valence-corrected chi connectivity index (χ0v) is 15.9. The van der Waals surface area contributed by atoms with Gasteiger partial charge in [-0.25, -0.2) is 8.42 Å². The summed E-state index contributed by atoms with van der Waals surface area (Å²) in [5.41, 5.74) is 1.44.